The van der Waals surface area contributed by atoms with Crippen LogP contribution in [-0.4, -0.2) is 39.5 Å². The van der Waals surface area contributed by atoms with E-state index in [1.165, 1.54) is 32.0 Å². The lowest BCUT2D eigenvalue weighted by molar-refractivity contribution is 0.272. The largest absolute Gasteiger partial charge is 0.300 e. The minimum Gasteiger partial charge on any atom is -0.300 e. The molecule has 1 N–H and O–H groups in total. The van der Waals surface area contributed by atoms with Gasteiger partial charge in [-0.05, 0) is 68.6 Å². The lowest BCUT2D eigenvalue weighted by Crippen LogP contribution is -2.28. The Morgan fingerprint density at radius 3 is 2.16 bits per heavy atom. The Balaban J connectivity index is 1.66. The topological polar surface area (TPSA) is 49.4 Å². The first kappa shape index (κ1) is 18.1. The van der Waals surface area contributed by atoms with Crippen LogP contribution >= 0.6 is 0 Å². The summed E-state index contributed by atoms with van der Waals surface area (Å²) < 4.78 is 25.9. The van der Waals surface area contributed by atoms with Crippen molar-refractivity contribution in [3.05, 3.63) is 54.1 Å². The molecule has 4 nitrogen and oxygen atoms in total. The highest BCUT2D eigenvalue weighted by Gasteiger charge is 2.19. The lowest BCUT2D eigenvalue weighted by Gasteiger charge is -2.20. The molecule has 25 heavy (non-hydrogen) atoms. The lowest BCUT2D eigenvalue weighted by atomic mass is 10.0. The highest BCUT2D eigenvalue weighted by Crippen LogP contribution is 2.22. The van der Waals surface area contributed by atoms with Crippen LogP contribution in [0.2, 0.25) is 0 Å². The molecule has 1 aliphatic heterocycles. The van der Waals surface area contributed by atoms with Gasteiger partial charge in [0.05, 0.1) is 4.90 Å². The third kappa shape index (κ3) is 4.29. The van der Waals surface area contributed by atoms with E-state index in [0.717, 1.165) is 24.1 Å². The molecule has 0 saturated carbocycles. The SMILES string of the molecule is CNS(=O)(=O)c1ccc(-c2ccc(CCN3CCC[C@H]3C)cc2)cc1. The van der Waals surface area contributed by atoms with Crippen molar-refractivity contribution in [1.29, 1.82) is 0 Å². The van der Waals surface area contributed by atoms with Crippen molar-refractivity contribution < 1.29 is 8.42 Å². The zero-order valence-electron chi connectivity index (χ0n) is 14.9. The van der Waals surface area contributed by atoms with Crippen LogP contribution in [-0.2, 0) is 16.4 Å². The van der Waals surface area contributed by atoms with Crippen LogP contribution in [0.25, 0.3) is 11.1 Å². The van der Waals surface area contributed by atoms with E-state index in [4.69, 9.17) is 0 Å². The Hall–Kier alpha value is -1.69. The van der Waals surface area contributed by atoms with E-state index in [-0.39, 0.29) is 4.90 Å². The number of nitrogens with zero attached hydrogens (tertiary/aromatic N) is 1. The monoisotopic (exact) mass is 358 g/mol. The van der Waals surface area contributed by atoms with Gasteiger partial charge in [0.25, 0.3) is 0 Å². The second-order valence-electron chi connectivity index (χ2n) is 6.71. The Bertz CT molecular complexity index is 799. The molecule has 0 amide bonds. The van der Waals surface area contributed by atoms with E-state index in [1.807, 2.05) is 12.1 Å². The maximum absolute atomic E-state index is 11.8. The predicted octanol–water partition coefficient (Wildman–Crippen LogP) is 3.29. The molecule has 0 spiro atoms. The van der Waals surface area contributed by atoms with Crippen molar-refractivity contribution in [3.63, 3.8) is 0 Å². The Labute approximate surface area is 150 Å². The highest BCUT2D eigenvalue weighted by atomic mass is 32.2. The molecule has 0 unspecified atom stereocenters. The minimum absolute atomic E-state index is 0.287. The molecular formula is C20H26N2O2S. The molecule has 1 saturated heterocycles. The standard InChI is InChI=1S/C20H26N2O2S/c1-16-4-3-14-22(16)15-13-17-5-7-18(8-6-17)19-9-11-20(12-10-19)25(23,24)21-2/h5-12,16,21H,3-4,13-15H2,1-2H3/t16-/m1/s1. The number of hydrogen-bond acceptors (Lipinski definition) is 3. The van der Waals surface area contributed by atoms with Crippen molar-refractivity contribution in [1.82, 2.24) is 9.62 Å². The molecule has 1 fully saturated rings. The Morgan fingerprint density at radius 2 is 1.64 bits per heavy atom. The van der Waals surface area contributed by atoms with Crippen molar-refractivity contribution >= 4 is 10.0 Å². The van der Waals surface area contributed by atoms with Gasteiger partial charge in [0, 0.05) is 12.6 Å². The first-order chi connectivity index (χ1) is 12.0. The van der Waals surface area contributed by atoms with Crippen LogP contribution in [0, 0.1) is 0 Å². The summed E-state index contributed by atoms with van der Waals surface area (Å²) >= 11 is 0. The molecular weight excluding hydrogens is 332 g/mol. The maximum Gasteiger partial charge on any atom is 0.240 e. The summed E-state index contributed by atoms with van der Waals surface area (Å²) in [6, 6.07) is 16.3. The third-order valence-corrected chi connectivity index (χ3v) is 6.53. The van der Waals surface area contributed by atoms with Crippen molar-refractivity contribution in [2.24, 2.45) is 0 Å². The summed E-state index contributed by atoms with van der Waals surface area (Å²) in [4.78, 5) is 2.85. The highest BCUT2D eigenvalue weighted by molar-refractivity contribution is 7.89. The zero-order chi connectivity index (χ0) is 17.9. The molecule has 1 aliphatic rings. The van der Waals surface area contributed by atoms with Crippen LogP contribution in [0.3, 0.4) is 0 Å². The average molecular weight is 359 g/mol. The van der Waals surface area contributed by atoms with Crippen LogP contribution in [0.15, 0.2) is 53.4 Å². The number of likely N-dealkylation sites (tertiary alicyclic amines) is 1. The van der Waals surface area contributed by atoms with Crippen molar-refractivity contribution in [2.75, 3.05) is 20.1 Å². The molecule has 3 rings (SSSR count). The summed E-state index contributed by atoms with van der Waals surface area (Å²) in [6.07, 6.45) is 3.71. The fourth-order valence-corrected chi connectivity index (χ4v) is 4.14. The van der Waals surface area contributed by atoms with Crippen molar-refractivity contribution in [2.45, 2.75) is 37.1 Å². The number of nitrogens with one attached hydrogen (secondary N) is 1. The zero-order valence-corrected chi connectivity index (χ0v) is 15.7. The van der Waals surface area contributed by atoms with E-state index in [1.54, 1.807) is 12.1 Å². The summed E-state index contributed by atoms with van der Waals surface area (Å²) in [5, 5.41) is 0. The van der Waals surface area contributed by atoms with Crippen LogP contribution in [0.1, 0.15) is 25.3 Å². The summed E-state index contributed by atoms with van der Waals surface area (Å²) in [7, 11) is -1.96. The fourth-order valence-electron chi connectivity index (χ4n) is 3.41. The van der Waals surface area contributed by atoms with E-state index >= 15 is 0 Å². The number of benzene rings is 2. The summed E-state index contributed by atoms with van der Waals surface area (Å²) in [6.45, 7) is 4.66. The van der Waals surface area contributed by atoms with Crippen LogP contribution < -0.4 is 4.72 Å². The molecule has 1 atom stereocenters. The molecule has 2 aromatic carbocycles. The van der Waals surface area contributed by atoms with Gasteiger partial charge in [-0.25, -0.2) is 13.1 Å². The molecule has 2 aromatic rings. The molecule has 0 aliphatic carbocycles. The first-order valence-corrected chi connectivity index (χ1v) is 10.3. The molecule has 0 radical (unpaired) electrons. The van der Waals surface area contributed by atoms with Gasteiger partial charge in [0.15, 0.2) is 0 Å². The molecule has 5 heteroatoms. The molecule has 1 heterocycles. The van der Waals surface area contributed by atoms with Gasteiger partial charge >= 0.3 is 0 Å². The van der Waals surface area contributed by atoms with Crippen LogP contribution in [0.5, 0.6) is 0 Å². The molecule has 0 bridgehead atoms. The van der Waals surface area contributed by atoms with Gasteiger partial charge in [0.2, 0.25) is 10.0 Å². The van der Waals surface area contributed by atoms with Gasteiger partial charge in [-0.3, -0.25) is 0 Å². The van der Waals surface area contributed by atoms with E-state index < -0.39 is 10.0 Å². The summed E-state index contributed by atoms with van der Waals surface area (Å²) in [5.41, 5.74) is 3.47. The normalized spacial score (nSPS) is 18.6. The second-order valence-corrected chi connectivity index (χ2v) is 8.59. The second kappa shape index (κ2) is 7.68. The van der Waals surface area contributed by atoms with Gasteiger partial charge in [0.1, 0.15) is 0 Å². The van der Waals surface area contributed by atoms with Gasteiger partial charge in [-0.1, -0.05) is 36.4 Å². The molecule has 0 aromatic heterocycles. The van der Waals surface area contributed by atoms with Crippen molar-refractivity contribution in [3.8, 4) is 11.1 Å². The predicted molar refractivity (Wildman–Crippen MR) is 102 cm³/mol. The minimum atomic E-state index is -3.38. The third-order valence-electron chi connectivity index (χ3n) is 5.10. The number of rotatable bonds is 6. The first-order valence-electron chi connectivity index (χ1n) is 8.86. The number of sulfonamides is 1. The Morgan fingerprint density at radius 1 is 1.04 bits per heavy atom. The van der Waals surface area contributed by atoms with E-state index in [9.17, 15) is 8.42 Å². The van der Waals surface area contributed by atoms with E-state index in [0.29, 0.717) is 6.04 Å². The molecule has 134 valence electrons. The quantitative estimate of drug-likeness (QED) is 0.862. The fraction of sp³-hybridized carbons (Fsp3) is 0.400. The maximum atomic E-state index is 11.8. The van der Waals surface area contributed by atoms with Gasteiger partial charge in [-0.2, -0.15) is 0 Å². The van der Waals surface area contributed by atoms with Gasteiger partial charge in [-0.15, -0.1) is 0 Å². The Kier molecular flexibility index (Phi) is 5.57. The number of hydrogen-bond donors (Lipinski definition) is 1. The average Bonchev–Trinajstić information content (AvgIpc) is 3.05. The van der Waals surface area contributed by atoms with Crippen LogP contribution in [0.4, 0.5) is 0 Å². The van der Waals surface area contributed by atoms with E-state index in [2.05, 4.69) is 40.8 Å². The summed E-state index contributed by atoms with van der Waals surface area (Å²) in [5.74, 6) is 0. The van der Waals surface area contributed by atoms with Gasteiger partial charge < -0.3 is 4.90 Å². The smallest absolute Gasteiger partial charge is 0.240 e.